The minimum Gasteiger partial charge on any atom is -0.0885 e. The Morgan fingerprint density at radius 3 is 1.50 bits per heavy atom. The average molecular weight is 250 g/mol. The number of unbranched alkanes of at least 4 members (excludes halogenated alkanes) is 9. The molecule has 0 heteroatoms. The first-order chi connectivity index (χ1) is 8.91. The van der Waals surface area contributed by atoms with Crippen LogP contribution in [-0.4, -0.2) is 0 Å². The minimum atomic E-state index is 1.22. The predicted molar refractivity (Wildman–Crippen MR) is 85.0 cm³/mol. The van der Waals surface area contributed by atoms with Gasteiger partial charge in [-0.15, -0.1) is 0 Å². The fraction of sp³-hybridized carbons (Fsp3) is 0.778. The van der Waals surface area contributed by atoms with Crippen LogP contribution in [0.25, 0.3) is 0 Å². The lowest BCUT2D eigenvalue weighted by Gasteiger charge is -1.97. The third kappa shape index (κ3) is 15.5. The quantitative estimate of drug-likeness (QED) is 0.248. The molecule has 0 aromatic heterocycles. The molecule has 0 aromatic rings. The monoisotopic (exact) mass is 250 g/mol. The van der Waals surface area contributed by atoms with Crippen LogP contribution in [0.2, 0.25) is 0 Å². The van der Waals surface area contributed by atoms with Gasteiger partial charge in [0.25, 0.3) is 0 Å². The molecule has 0 heterocycles. The third-order valence-electron chi connectivity index (χ3n) is 3.28. The lowest BCUT2D eigenvalue weighted by Crippen LogP contribution is -1.77. The van der Waals surface area contributed by atoms with Gasteiger partial charge in [-0.2, -0.15) is 0 Å². The van der Waals surface area contributed by atoms with Crippen molar-refractivity contribution in [1.82, 2.24) is 0 Å². The number of hydrogen-bond donors (Lipinski definition) is 0. The van der Waals surface area contributed by atoms with E-state index >= 15 is 0 Å². The number of rotatable bonds is 13. The van der Waals surface area contributed by atoms with Crippen molar-refractivity contribution < 1.29 is 0 Å². The molecule has 0 nitrogen and oxygen atoms in total. The van der Waals surface area contributed by atoms with E-state index in [4.69, 9.17) is 0 Å². The van der Waals surface area contributed by atoms with E-state index in [1.54, 1.807) is 0 Å². The van der Waals surface area contributed by atoms with Crippen LogP contribution in [0.5, 0.6) is 0 Å². The first kappa shape index (κ1) is 17.5. The average Bonchev–Trinajstić information content (AvgIpc) is 2.39. The molecule has 0 N–H and O–H groups in total. The molecule has 0 spiro atoms. The Morgan fingerprint density at radius 1 is 0.444 bits per heavy atom. The zero-order valence-electron chi connectivity index (χ0n) is 12.8. The van der Waals surface area contributed by atoms with E-state index < -0.39 is 0 Å². The summed E-state index contributed by atoms with van der Waals surface area (Å²) in [5.74, 6) is 0. The van der Waals surface area contributed by atoms with Crippen LogP contribution in [0, 0.1) is 0 Å². The Hall–Kier alpha value is -0.520. The molecule has 0 rings (SSSR count). The van der Waals surface area contributed by atoms with Gasteiger partial charge in [0.15, 0.2) is 0 Å². The van der Waals surface area contributed by atoms with E-state index in [0.29, 0.717) is 0 Å². The van der Waals surface area contributed by atoms with E-state index in [2.05, 4.69) is 38.2 Å². The molecule has 0 aromatic carbocycles. The summed E-state index contributed by atoms with van der Waals surface area (Å²) < 4.78 is 0. The molecule has 106 valence electrons. The Labute approximate surface area is 116 Å². The predicted octanol–water partition coefficient (Wildman–Crippen LogP) is 6.82. The van der Waals surface area contributed by atoms with Gasteiger partial charge in [0.1, 0.15) is 0 Å². The van der Waals surface area contributed by atoms with Gasteiger partial charge in [0, 0.05) is 0 Å². The van der Waals surface area contributed by atoms with Crippen molar-refractivity contribution in [1.29, 1.82) is 0 Å². The van der Waals surface area contributed by atoms with Crippen LogP contribution in [0.3, 0.4) is 0 Å². The maximum absolute atomic E-state index is 2.37. The summed E-state index contributed by atoms with van der Waals surface area (Å²) in [5.41, 5.74) is 0. The summed E-state index contributed by atoms with van der Waals surface area (Å²) in [5, 5.41) is 0. The normalized spacial score (nSPS) is 11.9. The molecule has 0 aliphatic heterocycles. The third-order valence-corrected chi connectivity index (χ3v) is 3.28. The lowest BCUT2D eigenvalue weighted by atomic mass is 10.1. The summed E-state index contributed by atoms with van der Waals surface area (Å²) in [7, 11) is 0. The first-order valence-corrected chi connectivity index (χ1v) is 8.21. The summed E-state index contributed by atoms with van der Waals surface area (Å²) in [4.78, 5) is 0. The van der Waals surface area contributed by atoms with Crippen LogP contribution >= 0.6 is 0 Å². The van der Waals surface area contributed by atoms with Gasteiger partial charge < -0.3 is 0 Å². The van der Waals surface area contributed by atoms with Crippen molar-refractivity contribution in [2.24, 2.45) is 0 Å². The molecule has 0 unspecified atom stereocenters. The van der Waals surface area contributed by atoms with Crippen LogP contribution in [-0.2, 0) is 0 Å². The van der Waals surface area contributed by atoms with E-state index in [-0.39, 0.29) is 0 Å². The van der Waals surface area contributed by atoms with Gasteiger partial charge in [-0.25, -0.2) is 0 Å². The van der Waals surface area contributed by atoms with Crippen molar-refractivity contribution in [2.45, 2.75) is 90.9 Å². The molecular weight excluding hydrogens is 216 g/mol. The number of hydrogen-bond acceptors (Lipinski definition) is 0. The fourth-order valence-electron chi connectivity index (χ4n) is 2.03. The molecule has 0 atom stereocenters. The summed E-state index contributed by atoms with van der Waals surface area (Å²) in [6, 6.07) is 0. The molecule has 0 fully saturated rings. The van der Waals surface area contributed by atoms with E-state index in [1.807, 2.05) is 0 Å². The highest BCUT2D eigenvalue weighted by Gasteiger charge is 1.87. The summed E-state index contributed by atoms with van der Waals surface area (Å²) >= 11 is 0. The lowest BCUT2D eigenvalue weighted by molar-refractivity contribution is 0.611. The maximum Gasteiger partial charge on any atom is -0.0316 e. The van der Waals surface area contributed by atoms with Crippen LogP contribution in [0.4, 0.5) is 0 Å². The second-order valence-corrected chi connectivity index (χ2v) is 5.22. The molecular formula is C18H34. The molecule has 0 saturated heterocycles. The largest absolute Gasteiger partial charge is 0.0885 e. The van der Waals surface area contributed by atoms with Crippen molar-refractivity contribution in [2.75, 3.05) is 0 Å². The van der Waals surface area contributed by atoms with E-state index in [9.17, 15) is 0 Å². The molecule has 0 bridgehead atoms. The van der Waals surface area contributed by atoms with Crippen molar-refractivity contribution in [3.05, 3.63) is 24.3 Å². The standard InChI is InChI=1S/C18H34/c1-3-5-7-9-11-13-15-17-18-16-14-12-10-8-6-4-2/h9,11,17-18H,3-8,10,12-16H2,1-2H3. The Morgan fingerprint density at radius 2 is 0.889 bits per heavy atom. The fourth-order valence-corrected chi connectivity index (χ4v) is 2.03. The van der Waals surface area contributed by atoms with Crippen LogP contribution in [0.15, 0.2) is 24.3 Å². The Balaban J connectivity index is 3.11. The second kappa shape index (κ2) is 16.5. The highest BCUT2D eigenvalue weighted by atomic mass is 13.9. The van der Waals surface area contributed by atoms with Gasteiger partial charge in [0.2, 0.25) is 0 Å². The van der Waals surface area contributed by atoms with Gasteiger partial charge in [-0.3, -0.25) is 0 Å². The number of allylic oxidation sites excluding steroid dienone is 4. The molecule has 0 saturated carbocycles. The second-order valence-electron chi connectivity index (χ2n) is 5.22. The van der Waals surface area contributed by atoms with Gasteiger partial charge in [-0.05, 0) is 32.1 Å². The van der Waals surface area contributed by atoms with E-state index in [0.717, 1.165) is 0 Å². The van der Waals surface area contributed by atoms with Gasteiger partial charge >= 0.3 is 0 Å². The Bertz CT molecular complexity index is 188. The van der Waals surface area contributed by atoms with Crippen molar-refractivity contribution >= 4 is 0 Å². The molecule has 0 aliphatic carbocycles. The molecule has 0 radical (unpaired) electrons. The van der Waals surface area contributed by atoms with Crippen LogP contribution in [0.1, 0.15) is 90.9 Å². The van der Waals surface area contributed by atoms with Crippen molar-refractivity contribution in [3.8, 4) is 0 Å². The van der Waals surface area contributed by atoms with Gasteiger partial charge in [0.05, 0.1) is 0 Å². The first-order valence-electron chi connectivity index (χ1n) is 8.21. The van der Waals surface area contributed by atoms with Crippen LogP contribution < -0.4 is 0 Å². The zero-order chi connectivity index (χ0) is 13.3. The summed E-state index contributed by atoms with van der Waals surface area (Å²) in [6.07, 6.45) is 25.5. The minimum absolute atomic E-state index is 1.22. The molecule has 0 amide bonds. The summed E-state index contributed by atoms with van der Waals surface area (Å²) in [6.45, 7) is 4.53. The SMILES string of the molecule is CCCCC=CCCC=CCCCCCCCC. The highest BCUT2D eigenvalue weighted by molar-refractivity contribution is 4.87. The topological polar surface area (TPSA) is 0 Å². The smallest absolute Gasteiger partial charge is 0.0316 e. The van der Waals surface area contributed by atoms with Gasteiger partial charge in [-0.1, -0.05) is 83.1 Å². The van der Waals surface area contributed by atoms with E-state index in [1.165, 1.54) is 77.0 Å². The highest BCUT2D eigenvalue weighted by Crippen LogP contribution is 2.07. The molecule has 0 aliphatic rings. The zero-order valence-corrected chi connectivity index (χ0v) is 12.8. The Kier molecular flexibility index (Phi) is 16.0. The molecule has 18 heavy (non-hydrogen) atoms. The maximum atomic E-state index is 2.37. The van der Waals surface area contributed by atoms with Crippen molar-refractivity contribution in [3.63, 3.8) is 0 Å².